The molecule has 4 nitrogen and oxygen atoms in total. The van der Waals surface area contributed by atoms with Gasteiger partial charge in [-0.05, 0) is 38.1 Å². The number of likely N-dealkylation sites (N-methyl/N-ethyl adjacent to an activating group) is 1. The van der Waals surface area contributed by atoms with Crippen LogP contribution in [0.5, 0.6) is 0 Å². The normalized spacial score (nSPS) is 12.4. The molecule has 1 aromatic carbocycles. The predicted octanol–water partition coefficient (Wildman–Crippen LogP) is 3.11. The monoisotopic (exact) mass is 300 g/mol. The molecule has 0 unspecified atom stereocenters. The molecule has 1 atom stereocenters. The SMILES string of the molecule is CC[C@H](C(=O)NCc1ccccc1)N(C)Cc1ccc(C)o1. The summed E-state index contributed by atoms with van der Waals surface area (Å²) in [5.74, 6) is 1.83. The zero-order valence-corrected chi connectivity index (χ0v) is 13.5. The maximum atomic E-state index is 12.4. The van der Waals surface area contributed by atoms with Crippen molar-refractivity contribution in [1.29, 1.82) is 0 Å². The molecule has 1 N–H and O–H groups in total. The third-order valence-electron chi connectivity index (χ3n) is 3.73. The minimum Gasteiger partial charge on any atom is -0.465 e. The number of benzene rings is 1. The molecular weight excluding hydrogens is 276 g/mol. The lowest BCUT2D eigenvalue weighted by atomic mass is 10.1. The van der Waals surface area contributed by atoms with Crippen LogP contribution < -0.4 is 5.32 Å². The third kappa shape index (κ3) is 4.46. The molecule has 0 spiro atoms. The van der Waals surface area contributed by atoms with Gasteiger partial charge in [-0.1, -0.05) is 37.3 Å². The van der Waals surface area contributed by atoms with Crippen molar-refractivity contribution in [3.8, 4) is 0 Å². The molecule has 1 amide bonds. The Kier molecular flexibility index (Phi) is 5.78. The Hall–Kier alpha value is -2.07. The van der Waals surface area contributed by atoms with E-state index in [1.807, 2.05) is 68.3 Å². The minimum absolute atomic E-state index is 0.0529. The summed E-state index contributed by atoms with van der Waals surface area (Å²) in [7, 11) is 1.95. The Bertz CT molecular complexity index is 592. The molecule has 2 aromatic rings. The Labute approximate surface area is 132 Å². The lowest BCUT2D eigenvalue weighted by Gasteiger charge is -2.25. The number of carbonyl (C=O) groups is 1. The van der Waals surface area contributed by atoms with E-state index in [0.717, 1.165) is 23.5 Å². The molecule has 0 aliphatic carbocycles. The summed E-state index contributed by atoms with van der Waals surface area (Å²) >= 11 is 0. The van der Waals surface area contributed by atoms with Gasteiger partial charge in [0.2, 0.25) is 5.91 Å². The van der Waals surface area contributed by atoms with E-state index in [1.54, 1.807) is 0 Å². The number of aryl methyl sites for hydroxylation is 1. The number of hydrogen-bond acceptors (Lipinski definition) is 3. The second-order valence-electron chi connectivity index (χ2n) is 5.55. The molecule has 1 aromatic heterocycles. The van der Waals surface area contributed by atoms with Gasteiger partial charge in [0.1, 0.15) is 11.5 Å². The molecule has 0 aliphatic rings. The zero-order chi connectivity index (χ0) is 15.9. The maximum Gasteiger partial charge on any atom is 0.237 e. The lowest BCUT2D eigenvalue weighted by Crippen LogP contribution is -2.44. The number of nitrogens with zero attached hydrogens (tertiary/aromatic N) is 1. The van der Waals surface area contributed by atoms with Gasteiger partial charge in [0.25, 0.3) is 0 Å². The summed E-state index contributed by atoms with van der Waals surface area (Å²) < 4.78 is 5.58. The molecule has 2 rings (SSSR count). The third-order valence-corrected chi connectivity index (χ3v) is 3.73. The largest absolute Gasteiger partial charge is 0.465 e. The number of amides is 1. The van der Waals surface area contributed by atoms with Crippen LogP contribution in [0, 0.1) is 6.92 Å². The van der Waals surface area contributed by atoms with Crippen molar-refractivity contribution < 1.29 is 9.21 Å². The molecular formula is C18H24N2O2. The van der Waals surface area contributed by atoms with Gasteiger partial charge in [-0.2, -0.15) is 0 Å². The first-order chi connectivity index (χ1) is 10.6. The summed E-state index contributed by atoms with van der Waals surface area (Å²) in [6, 6.07) is 13.7. The number of rotatable bonds is 7. The molecule has 0 radical (unpaired) electrons. The number of nitrogens with one attached hydrogen (secondary N) is 1. The Morgan fingerprint density at radius 3 is 2.55 bits per heavy atom. The van der Waals surface area contributed by atoms with Crippen LogP contribution in [-0.4, -0.2) is 23.9 Å². The summed E-state index contributed by atoms with van der Waals surface area (Å²) in [4.78, 5) is 14.4. The van der Waals surface area contributed by atoms with E-state index < -0.39 is 0 Å². The van der Waals surface area contributed by atoms with Gasteiger partial charge >= 0.3 is 0 Å². The first kappa shape index (κ1) is 16.3. The summed E-state index contributed by atoms with van der Waals surface area (Å²) in [5, 5.41) is 3.01. The van der Waals surface area contributed by atoms with Gasteiger partial charge in [0, 0.05) is 6.54 Å². The van der Waals surface area contributed by atoms with Gasteiger partial charge in [-0.15, -0.1) is 0 Å². The van der Waals surface area contributed by atoms with Gasteiger partial charge < -0.3 is 9.73 Å². The lowest BCUT2D eigenvalue weighted by molar-refractivity contribution is -0.126. The molecule has 4 heteroatoms. The van der Waals surface area contributed by atoms with Crippen LogP contribution in [-0.2, 0) is 17.9 Å². The average Bonchev–Trinajstić information content (AvgIpc) is 2.92. The van der Waals surface area contributed by atoms with Gasteiger partial charge in [0.05, 0.1) is 12.6 Å². The van der Waals surface area contributed by atoms with Crippen molar-refractivity contribution in [2.75, 3.05) is 7.05 Å². The second kappa shape index (κ2) is 7.80. The molecule has 0 saturated heterocycles. The van der Waals surface area contributed by atoms with Gasteiger partial charge in [0.15, 0.2) is 0 Å². The quantitative estimate of drug-likeness (QED) is 0.854. The van der Waals surface area contributed by atoms with Crippen molar-refractivity contribution in [1.82, 2.24) is 10.2 Å². The summed E-state index contributed by atoms with van der Waals surface area (Å²) in [6.45, 7) is 5.14. The number of carbonyl (C=O) groups excluding carboxylic acids is 1. The van der Waals surface area contributed by atoms with Crippen LogP contribution in [0.15, 0.2) is 46.9 Å². The van der Waals surface area contributed by atoms with Crippen LogP contribution in [0.3, 0.4) is 0 Å². The van der Waals surface area contributed by atoms with Gasteiger partial charge in [-0.3, -0.25) is 9.69 Å². The van der Waals surface area contributed by atoms with Crippen LogP contribution in [0.25, 0.3) is 0 Å². The topological polar surface area (TPSA) is 45.5 Å². The highest BCUT2D eigenvalue weighted by molar-refractivity contribution is 5.81. The van der Waals surface area contributed by atoms with E-state index in [9.17, 15) is 4.79 Å². The van der Waals surface area contributed by atoms with Crippen molar-refractivity contribution in [2.45, 2.75) is 39.4 Å². The van der Waals surface area contributed by atoms with E-state index >= 15 is 0 Å². The van der Waals surface area contributed by atoms with E-state index in [0.29, 0.717) is 13.1 Å². The highest BCUT2D eigenvalue weighted by atomic mass is 16.3. The van der Waals surface area contributed by atoms with Crippen molar-refractivity contribution in [2.24, 2.45) is 0 Å². The predicted molar refractivity (Wildman–Crippen MR) is 87.3 cm³/mol. The smallest absolute Gasteiger partial charge is 0.237 e. The molecule has 1 heterocycles. The van der Waals surface area contributed by atoms with E-state index in [4.69, 9.17) is 4.42 Å². The van der Waals surface area contributed by atoms with Gasteiger partial charge in [-0.25, -0.2) is 0 Å². The van der Waals surface area contributed by atoms with E-state index in [2.05, 4.69) is 5.32 Å². The highest BCUT2D eigenvalue weighted by Crippen LogP contribution is 2.12. The van der Waals surface area contributed by atoms with Crippen LogP contribution >= 0.6 is 0 Å². The molecule has 0 fully saturated rings. The minimum atomic E-state index is -0.158. The first-order valence-electron chi connectivity index (χ1n) is 7.67. The Morgan fingerprint density at radius 2 is 1.95 bits per heavy atom. The number of furan rings is 1. The molecule has 118 valence electrons. The number of hydrogen-bond donors (Lipinski definition) is 1. The molecule has 0 bridgehead atoms. The molecule has 0 aliphatic heterocycles. The summed E-state index contributed by atoms with van der Waals surface area (Å²) in [6.07, 6.45) is 0.761. The fourth-order valence-corrected chi connectivity index (χ4v) is 2.53. The highest BCUT2D eigenvalue weighted by Gasteiger charge is 2.21. The van der Waals surface area contributed by atoms with Crippen molar-refractivity contribution in [3.05, 3.63) is 59.5 Å². The molecule has 22 heavy (non-hydrogen) atoms. The van der Waals surface area contributed by atoms with Crippen LogP contribution in [0.1, 0.15) is 30.4 Å². The fraction of sp³-hybridized carbons (Fsp3) is 0.389. The second-order valence-corrected chi connectivity index (χ2v) is 5.55. The average molecular weight is 300 g/mol. The standard InChI is InChI=1S/C18H24N2O2/c1-4-17(20(3)13-16-11-10-14(2)22-16)18(21)19-12-15-8-6-5-7-9-15/h5-11,17H,4,12-13H2,1-3H3,(H,19,21)/t17-/m1/s1. The Morgan fingerprint density at radius 1 is 1.23 bits per heavy atom. The van der Waals surface area contributed by atoms with E-state index in [1.165, 1.54) is 0 Å². The Balaban J connectivity index is 1.90. The molecule has 0 saturated carbocycles. The van der Waals surface area contributed by atoms with Crippen LogP contribution in [0.2, 0.25) is 0 Å². The maximum absolute atomic E-state index is 12.4. The fourth-order valence-electron chi connectivity index (χ4n) is 2.53. The van der Waals surface area contributed by atoms with Crippen LogP contribution in [0.4, 0.5) is 0 Å². The summed E-state index contributed by atoms with van der Waals surface area (Å²) in [5.41, 5.74) is 1.11. The first-order valence-corrected chi connectivity index (χ1v) is 7.67. The van der Waals surface area contributed by atoms with Crippen molar-refractivity contribution in [3.63, 3.8) is 0 Å². The van der Waals surface area contributed by atoms with E-state index in [-0.39, 0.29) is 11.9 Å². The van der Waals surface area contributed by atoms with Crippen molar-refractivity contribution >= 4 is 5.91 Å². The zero-order valence-electron chi connectivity index (χ0n) is 13.5.